The molecule has 0 heterocycles. The second kappa shape index (κ2) is 6.62. The van der Waals surface area contributed by atoms with Gasteiger partial charge in [0.25, 0.3) is 14.3 Å². The first-order valence-electron chi connectivity index (χ1n) is 6.13. The van der Waals surface area contributed by atoms with Crippen molar-refractivity contribution < 1.29 is 31.1 Å². The first-order chi connectivity index (χ1) is 11.0. The zero-order valence-electron chi connectivity index (χ0n) is 11.5. The number of hydrogen-bond donors (Lipinski definition) is 0. The van der Waals surface area contributed by atoms with E-state index in [0.29, 0.717) is 6.07 Å². The zero-order chi connectivity index (χ0) is 18.1. The molecule has 0 saturated carbocycles. The summed E-state index contributed by atoms with van der Waals surface area (Å²) in [6, 6.07) is 8.55. The number of halogens is 5. The van der Waals surface area contributed by atoms with Crippen molar-refractivity contribution in [3.05, 3.63) is 53.6 Å². The Kier molecular flexibility index (Phi) is 5.12. The molecule has 0 bridgehead atoms. The van der Waals surface area contributed by atoms with Gasteiger partial charge in [-0.25, -0.2) is 8.42 Å². The van der Waals surface area contributed by atoms with Gasteiger partial charge in [0, 0.05) is 10.7 Å². The highest BCUT2D eigenvalue weighted by molar-refractivity contribution is 8.13. The van der Waals surface area contributed by atoms with E-state index in [9.17, 15) is 26.4 Å². The third-order valence-electron chi connectivity index (χ3n) is 2.84. The predicted octanol–water partition coefficient (Wildman–Crippen LogP) is 4.80. The second-order valence-corrected chi connectivity index (χ2v) is 7.32. The van der Waals surface area contributed by atoms with Gasteiger partial charge in [0.15, 0.2) is 5.75 Å². The van der Waals surface area contributed by atoms with E-state index in [4.69, 9.17) is 27.0 Å². The lowest BCUT2D eigenvalue weighted by molar-refractivity contribution is -0.140. The van der Waals surface area contributed by atoms with Crippen LogP contribution in [0.3, 0.4) is 0 Å². The Bertz CT molecular complexity index is 881. The number of para-hydroxylation sites is 1. The smallest absolute Gasteiger partial charge is 0.421 e. The molecule has 24 heavy (non-hydrogen) atoms. The molecular weight excluding hydrogens is 392 g/mol. The minimum Gasteiger partial charge on any atom is -0.456 e. The summed E-state index contributed by atoms with van der Waals surface area (Å²) >= 11 is 5.29. The molecule has 4 nitrogen and oxygen atoms in total. The monoisotopic (exact) mass is 398 g/mol. The van der Waals surface area contributed by atoms with Crippen LogP contribution in [0.4, 0.5) is 13.2 Å². The van der Waals surface area contributed by atoms with Gasteiger partial charge in [0.2, 0.25) is 0 Å². The summed E-state index contributed by atoms with van der Waals surface area (Å²) in [6.45, 7) is 0. The highest BCUT2D eigenvalue weighted by Crippen LogP contribution is 2.45. The first kappa shape index (κ1) is 18.6. The van der Waals surface area contributed by atoms with Crippen LogP contribution in [0.25, 0.3) is 0 Å². The molecule has 2 aromatic rings. The van der Waals surface area contributed by atoms with Crippen molar-refractivity contribution in [3.63, 3.8) is 0 Å². The summed E-state index contributed by atoms with van der Waals surface area (Å²) in [5.41, 5.74) is -2.34. The third kappa shape index (κ3) is 4.00. The predicted molar refractivity (Wildman–Crippen MR) is 81.2 cm³/mol. The summed E-state index contributed by atoms with van der Waals surface area (Å²) in [4.78, 5) is 10.2. The average Bonchev–Trinajstić information content (AvgIpc) is 2.45. The maximum absolute atomic E-state index is 13.4. The molecule has 0 fully saturated rings. The van der Waals surface area contributed by atoms with Crippen molar-refractivity contribution in [2.45, 2.75) is 11.1 Å². The number of rotatable bonds is 4. The van der Waals surface area contributed by atoms with Gasteiger partial charge in [-0.15, -0.1) is 0 Å². The maximum Gasteiger partial charge on any atom is 0.421 e. The van der Waals surface area contributed by atoms with Crippen molar-refractivity contribution >= 4 is 36.6 Å². The highest BCUT2D eigenvalue weighted by Gasteiger charge is 2.42. The minimum absolute atomic E-state index is 0.0497. The van der Waals surface area contributed by atoms with Gasteiger partial charge in [-0.1, -0.05) is 18.2 Å². The molecule has 0 amide bonds. The van der Waals surface area contributed by atoms with Crippen LogP contribution in [0.5, 0.6) is 11.5 Å². The van der Waals surface area contributed by atoms with Crippen molar-refractivity contribution in [3.8, 4) is 11.5 Å². The van der Waals surface area contributed by atoms with E-state index in [2.05, 4.69) is 0 Å². The molecule has 10 heteroatoms. The van der Waals surface area contributed by atoms with E-state index in [1.54, 1.807) is 6.07 Å². The van der Waals surface area contributed by atoms with E-state index in [-0.39, 0.29) is 5.75 Å². The van der Waals surface area contributed by atoms with E-state index in [1.165, 1.54) is 24.3 Å². The third-order valence-corrected chi connectivity index (χ3v) is 4.41. The minimum atomic E-state index is -5.16. The van der Waals surface area contributed by atoms with Crippen molar-refractivity contribution in [1.29, 1.82) is 0 Å². The molecule has 0 aliphatic rings. The van der Waals surface area contributed by atoms with Gasteiger partial charge in [-0.05, 0) is 35.9 Å². The Labute approximate surface area is 144 Å². The van der Waals surface area contributed by atoms with Gasteiger partial charge in [-0.3, -0.25) is 4.79 Å². The summed E-state index contributed by atoms with van der Waals surface area (Å²) in [5, 5.41) is -1.25. The van der Waals surface area contributed by atoms with Gasteiger partial charge in [0.05, 0.1) is 10.5 Å². The molecule has 0 aliphatic heterocycles. The summed E-state index contributed by atoms with van der Waals surface area (Å²) in [6.07, 6.45) is -5.16. The molecule has 0 atom stereocenters. The Hall–Kier alpha value is -1.77. The summed E-state index contributed by atoms with van der Waals surface area (Å²) in [7, 11) is 0.319. The highest BCUT2D eigenvalue weighted by atomic mass is 35.7. The largest absolute Gasteiger partial charge is 0.456 e. The quantitative estimate of drug-likeness (QED) is 0.693. The van der Waals surface area contributed by atoms with E-state index in [1.807, 2.05) is 0 Å². The van der Waals surface area contributed by atoms with Crippen LogP contribution in [0.1, 0.15) is 15.9 Å². The molecular formula is C14H7Cl2F3O4S. The molecule has 2 aromatic carbocycles. The van der Waals surface area contributed by atoms with Crippen LogP contribution >= 0.6 is 22.3 Å². The van der Waals surface area contributed by atoms with Crippen LogP contribution < -0.4 is 4.74 Å². The standard InChI is InChI=1S/C14H7Cl2F3O4S/c15-13(20)9-6-7-10(24(16,21)22)11(14(17,18)19)12(9)23-8-4-2-1-3-5-8/h1-7H. The lowest BCUT2D eigenvalue weighted by Gasteiger charge is -2.18. The number of carbonyl (C=O) groups excluding carboxylic acids is 1. The van der Waals surface area contributed by atoms with Crippen molar-refractivity contribution in [2.24, 2.45) is 0 Å². The average molecular weight is 399 g/mol. The van der Waals surface area contributed by atoms with Crippen molar-refractivity contribution in [1.82, 2.24) is 0 Å². The van der Waals surface area contributed by atoms with E-state index in [0.717, 1.165) is 6.07 Å². The van der Waals surface area contributed by atoms with Crippen LogP contribution in [0.2, 0.25) is 0 Å². The topological polar surface area (TPSA) is 60.4 Å². The lowest BCUT2D eigenvalue weighted by Crippen LogP contribution is -2.14. The molecule has 128 valence electrons. The van der Waals surface area contributed by atoms with E-state index >= 15 is 0 Å². The van der Waals surface area contributed by atoms with Crippen molar-refractivity contribution in [2.75, 3.05) is 0 Å². The molecule has 0 aromatic heterocycles. The maximum atomic E-state index is 13.4. The Morgan fingerprint density at radius 1 is 1.04 bits per heavy atom. The second-order valence-electron chi connectivity index (χ2n) is 4.44. The van der Waals surface area contributed by atoms with E-state index < -0.39 is 42.2 Å². The summed E-state index contributed by atoms with van der Waals surface area (Å²) < 4.78 is 68.4. The number of ether oxygens (including phenoxy) is 1. The number of alkyl halides is 3. The van der Waals surface area contributed by atoms with Crippen LogP contribution in [0.15, 0.2) is 47.4 Å². The molecule has 0 spiro atoms. The zero-order valence-corrected chi connectivity index (χ0v) is 13.8. The number of carbonyl (C=O) groups is 1. The molecule has 2 rings (SSSR count). The normalized spacial score (nSPS) is 12.0. The Morgan fingerprint density at radius 2 is 1.62 bits per heavy atom. The fourth-order valence-corrected chi connectivity index (χ4v) is 3.12. The van der Waals surface area contributed by atoms with Crippen LogP contribution in [0, 0.1) is 0 Å². The van der Waals surface area contributed by atoms with Gasteiger partial charge in [0.1, 0.15) is 11.3 Å². The summed E-state index contributed by atoms with van der Waals surface area (Å²) in [5.74, 6) is -1.08. The number of hydrogen-bond acceptors (Lipinski definition) is 4. The van der Waals surface area contributed by atoms with Gasteiger partial charge < -0.3 is 4.74 Å². The molecule has 0 N–H and O–H groups in total. The van der Waals surface area contributed by atoms with Crippen LogP contribution in [-0.4, -0.2) is 13.7 Å². The molecule has 0 saturated heterocycles. The fourth-order valence-electron chi connectivity index (χ4n) is 1.90. The molecule has 0 unspecified atom stereocenters. The Balaban J connectivity index is 2.83. The first-order valence-corrected chi connectivity index (χ1v) is 8.82. The molecule has 0 radical (unpaired) electrons. The van der Waals surface area contributed by atoms with Crippen LogP contribution in [-0.2, 0) is 15.2 Å². The Morgan fingerprint density at radius 3 is 2.08 bits per heavy atom. The van der Waals surface area contributed by atoms with Gasteiger partial charge in [-0.2, -0.15) is 13.2 Å². The fraction of sp³-hybridized carbons (Fsp3) is 0.0714. The lowest BCUT2D eigenvalue weighted by atomic mass is 10.1. The van der Waals surface area contributed by atoms with Gasteiger partial charge >= 0.3 is 6.18 Å². The molecule has 0 aliphatic carbocycles. The SMILES string of the molecule is O=C(Cl)c1ccc(S(=O)(=O)Cl)c(C(F)(F)F)c1Oc1ccccc1. The number of benzene rings is 2.